The van der Waals surface area contributed by atoms with Crippen molar-refractivity contribution in [1.82, 2.24) is 0 Å². The van der Waals surface area contributed by atoms with Crippen molar-refractivity contribution in [3.63, 3.8) is 0 Å². The first-order chi connectivity index (χ1) is 4.43. The molecule has 1 aromatic rings. The Hall–Kier alpha value is -0.310. The van der Waals surface area contributed by atoms with Crippen molar-refractivity contribution >= 4 is 12.1 Å². The minimum atomic E-state index is 0. The van der Waals surface area contributed by atoms with Crippen molar-refractivity contribution in [2.24, 2.45) is 0 Å². The van der Waals surface area contributed by atoms with E-state index in [0.717, 1.165) is 0 Å². The number of para-hydroxylation sites is 1. The number of hydrogen-bond donors (Lipinski definition) is 0. The first-order valence-corrected chi connectivity index (χ1v) is 2.63. The van der Waals surface area contributed by atoms with Gasteiger partial charge in [-0.05, 0) is 0 Å². The van der Waals surface area contributed by atoms with Gasteiger partial charge in [0, 0.05) is 6.41 Å². The van der Waals surface area contributed by atoms with Crippen LogP contribution in [0.2, 0.25) is 0 Å². The fourth-order valence-electron chi connectivity index (χ4n) is 0.575. The summed E-state index contributed by atoms with van der Waals surface area (Å²) in [6, 6.07) is 9.09. The van der Waals surface area contributed by atoms with Gasteiger partial charge in [-0.25, -0.2) is 0 Å². The summed E-state index contributed by atoms with van der Waals surface area (Å²) >= 11 is 0. The van der Waals surface area contributed by atoms with Crippen LogP contribution in [0.15, 0.2) is 30.3 Å². The number of hydrogen-bond acceptors (Lipinski definition) is 1. The second-order valence-corrected chi connectivity index (χ2v) is 1.57. The normalized spacial score (nSPS) is 7.60. The summed E-state index contributed by atoms with van der Waals surface area (Å²) in [5, 5.41) is 3.53. The standard InChI is InChI=1S/C7H7NO.Na/c9-6-8-7-4-2-1-3-5-7;/h1-6H,(H,8,9);/q;+1/p-1. The minimum absolute atomic E-state index is 0. The van der Waals surface area contributed by atoms with Crippen LogP contribution in [-0.2, 0) is 4.79 Å². The topological polar surface area (TPSA) is 31.2 Å². The van der Waals surface area contributed by atoms with E-state index in [9.17, 15) is 4.79 Å². The van der Waals surface area contributed by atoms with Crippen LogP contribution < -0.4 is 29.6 Å². The molecule has 1 rings (SSSR count). The molecular weight excluding hydrogens is 137 g/mol. The van der Waals surface area contributed by atoms with E-state index in [-0.39, 0.29) is 29.6 Å². The van der Waals surface area contributed by atoms with Crippen molar-refractivity contribution in [2.75, 3.05) is 0 Å². The SMILES string of the molecule is O=C[N-]c1ccccc1.[Na+]. The van der Waals surface area contributed by atoms with E-state index in [4.69, 9.17) is 0 Å². The van der Waals surface area contributed by atoms with Crippen LogP contribution in [0.3, 0.4) is 0 Å². The molecule has 0 N–H and O–H groups in total. The van der Waals surface area contributed by atoms with Crippen LogP contribution in [0.5, 0.6) is 0 Å². The predicted molar refractivity (Wildman–Crippen MR) is 35.5 cm³/mol. The quantitative estimate of drug-likeness (QED) is 0.380. The number of carbonyl (C=O) groups excluding carboxylic acids is 1. The fraction of sp³-hybridized carbons (Fsp3) is 0. The van der Waals surface area contributed by atoms with Crippen molar-refractivity contribution in [1.29, 1.82) is 0 Å². The molecule has 10 heavy (non-hydrogen) atoms. The van der Waals surface area contributed by atoms with Gasteiger partial charge < -0.3 is 10.1 Å². The molecule has 0 aliphatic carbocycles. The summed E-state index contributed by atoms with van der Waals surface area (Å²) in [6.07, 6.45) is 0.537. The zero-order chi connectivity index (χ0) is 6.53. The van der Waals surface area contributed by atoms with Crippen molar-refractivity contribution < 1.29 is 34.4 Å². The first kappa shape index (κ1) is 9.69. The molecule has 0 atom stereocenters. The average molecular weight is 143 g/mol. The van der Waals surface area contributed by atoms with Gasteiger partial charge in [-0.3, -0.25) is 0 Å². The van der Waals surface area contributed by atoms with Crippen LogP contribution >= 0.6 is 0 Å². The number of benzene rings is 1. The zero-order valence-electron chi connectivity index (χ0n) is 5.82. The fourth-order valence-corrected chi connectivity index (χ4v) is 0.575. The minimum Gasteiger partial charge on any atom is -0.630 e. The van der Waals surface area contributed by atoms with Gasteiger partial charge in [0.25, 0.3) is 0 Å². The van der Waals surface area contributed by atoms with Crippen molar-refractivity contribution in [2.45, 2.75) is 0 Å². The third kappa shape index (κ3) is 3.01. The molecule has 0 bridgehead atoms. The molecule has 0 aliphatic rings. The zero-order valence-corrected chi connectivity index (χ0v) is 7.82. The van der Waals surface area contributed by atoms with E-state index in [1.165, 1.54) is 0 Å². The molecule has 0 fully saturated rings. The van der Waals surface area contributed by atoms with E-state index in [1.54, 1.807) is 12.1 Å². The molecule has 2 nitrogen and oxygen atoms in total. The molecule has 1 aromatic carbocycles. The summed E-state index contributed by atoms with van der Waals surface area (Å²) in [5.74, 6) is 0. The number of amides is 1. The second-order valence-electron chi connectivity index (χ2n) is 1.57. The summed E-state index contributed by atoms with van der Waals surface area (Å²) in [4.78, 5) is 9.81. The van der Waals surface area contributed by atoms with E-state index in [0.29, 0.717) is 12.1 Å². The van der Waals surface area contributed by atoms with Gasteiger partial charge in [-0.2, -0.15) is 0 Å². The smallest absolute Gasteiger partial charge is 0.630 e. The van der Waals surface area contributed by atoms with Crippen LogP contribution in [0.1, 0.15) is 0 Å². The van der Waals surface area contributed by atoms with Crippen molar-refractivity contribution in [3.8, 4) is 0 Å². The van der Waals surface area contributed by atoms with E-state index >= 15 is 0 Å². The number of carbonyl (C=O) groups is 1. The molecule has 0 radical (unpaired) electrons. The van der Waals surface area contributed by atoms with Crippen LogP contribution in [0, 0.1) is 0 Å². The Morgan fingerprint density at radius 1 is 1.20 bits per heavy atom. The maximum atomic E-state index is 9.81. The molecule has 46 valence electrons. The van der Waals surface area contributed by atoms with E-state index in [2.05, 4.69) is 5.32 Å². The third-order valence-corrected chi connectivity index (χ3v) is 0.958. The average Bonchev–Trinajstić information content (AvgIpc) is 1.91. The van der Waals surface area contributed by atoms with E-state index < -0.39 is 0 Å². The Labute approximate surface area is 81.9 Å². The number of rotatable bonds is 2. The summed E-state index contributed by atoms with van der Waals surface area (Å²) < 4.78 is 0. The van der Waals surface area contributed by atoms with Crippen molar-refractivity contribution in [3.05, 3.63) is 35.6 Å². The third-order valence-electron chi connectivity index (χ3n) is 0.958. The molecule has 0 aliphatic heterocycles. The maximum absolute atomic E-state index is 9.81. The van der Waals surface area contributed by atoms with E-state index in [1.807, 2.05) is 18.2 Å². The van der Waals surface area contributed by atoms with Gasteiger partial charge >= 0.3 is 29.6 Å². The Kier molecular flexibility index (Phi) is 5.30. The Morgan fingerprint density at radius 3 is 2.30 bits per heavy atom. The molecule has 0 saturated heterocycles. The second kappa shape index (κ2) is 5.47. The Balaban J connectivity index is 0.000000810. The molecule has 0 saturated carbocycles. The first-order valence-electron chi connectivity index (χ1n) is 2.63. The number of nitrogens with zero attached hydrogens (tertiary/aromatic N) is 1. The van der Waals surface area contributed by atoms with Crippen LogP contribution in [0.25, 0.3) is 5.32 Å². The van der Waals surface area contributed by atoms with Gasteiger partial charge in [0.2, 0.25) is 0 Å². The molecule has 3 heteroatoms. The predicted octanol–water partition coefficient (Wildman–Crippen LogP) is -1.15. The molecule has 0 heterocycles. The molecular formula is C7H6NNaO. The molecule has 0 spiro atoms. The van der Waals surface area contributed by atoms with Crippen LogP contribution in [0.4, 0.5) is 5.69 Å². The summed E-state index contributed by atoms with van der Waals surface area (Å²) in [5.41, 5.74) is 0.701. The molecule has 0 unspecified atom stereocenters. The summed E-state index contributed by atoms with van der Waals surface area (Å²) in [7, 11) is 0. The van der Waals surface area contributed by atoms with Gasteiger partial charge in [-0.15, -0.1) is 5.69 Å². The Bertz CT molecular complexity index is 188. The van der Waals surface area contributed by atoms with Gasteiger partial charge in [-0.1, -0.05) is 30.3 Å². The van der Waals surface area contributed by atoms with Crippen LogP contribution in [-0.4, -0.2) is 6.41 Å². The molecule has 1 amide bonds. The van der Waals surface area contributed by atoms with Gasteiger partial charge in [0.15, 0.2) is 0 Å². The maximum Gasteiger partial charge on any atom is 1.00 e. The molecule has 0 aromatic heterocycles. The monoisotopic (exact) mass is 143 g/mol. The summed E-state index contributed by atoms with van der Waals surface area (Å²) in [6.45, 7) is 0. The van der Waals surface area contributed by atoms with Gasteiger partial charge in [0.1, 0.15) is 0 Å². The largest absolute Gasteiger partial charge is 1.00 e. The van der Waals surface area contributed by atoms with Gasteiger partial charge in [0.05, 0.1) is 0 Å². The Morgan fingerprint density at radius 2 is 1.80 bits per heavy atom.